The fourth-order valence-electron chi connectivity index (χ4n) is 1.97. The van der Waals surface area contributed by atoms with Gasteiger partial charge in [0.1, 0.15) is 0 Å². The molecule has 1 aliphatic heterocycles. The molecule has 0 saturated carbocycles. The first-order chi connectivity index (χ1) is 8.79. The second kappa shape index (κ2) is 6.42. The number of imide groups is 1. The molecule has 0 aromatic carbocycles. The first-order valence-electron chi connectivity index (χ1n) is 6.14. The van der Waals surface area contributed by atoms with E-state index in [1.807, 2.05) is 13.8 Å². The highest BCUT2D eigenvalue weighted by Gasteiger charge is 2.26. The third kappa shape index (κ3) is 4.78. The van der Waals surface area contributed by atoms with Gasteiger partial charge in [0.15, 0.2) is 5.78 Å². The third-order valence-electron chi connectivity index (χ3n) is 2.80. The third-order valence-corrected chi connectivity index (χ3v) is 2.80. The minimum atomic E-state index is -0.540. The molecule has 0 aliphatic carbocycles. The fourth-order valence-corrected chi connectivity index (χ4v) is 1.97. The molecule has 1 atom stereocenters. The van der Waals surface area contributed by atoms with Crippen molar-refractivity contribution in [2.75, 3.05) is 19.6 Å². The maximum atomic E-state index is 11.8. The standard InChI is InChI=1S/C12H19N3O4/c1-7(2)12(8(3)16)14-11(19)6-15-4-9(17)13-10(18)5-15/h7,12H,4-6H2,1-3H3,(H,14,19)(H,13,17,18). The van der Waals surface area contributed by atoms with Crippen molar-refractivity contribution < 1.29 is 19.2 Å². The average molecular weight is 269 g/mol. The molecule has 7 heteroatoms. The van der Waals surface area contributed by atoms with Gasteiger partial charge in [0.25, 0.3) is 0 Å². The first kappa shape index (κ1) is 15.3. The van der Waals surface area contributed by atoms with Crippen molar-refractivity contribution in [1.82, 2.24) is 15.5 Å². The van der Waals surface area contributed by atoms with Crippen molar-refractivity contribution in [2.24, 2.45) is 5.92 Å². The number of hydrogen-bond donors (Lipinski definition) is 2. The van der Waals surface area contributed by atoms with Crippen LogP contribution in [-0.4, -0.2) is 54.1 Å². The molecule has 19 heavy (non-hydrogen) atoms. The highest BCUT2D eigenvalue weighted by molar-refractivity contribution is 6.00. The molecule has 0 bridgehead atoms. The molecule has 7 nitrogen and oxygen atoms in total. The number of hydrogen-bond acceptors (Lipinski definition) is 5. The van der Waals surface area contributed by atoms with Gasteiger partial charge in [0, 0.05) is 0 Å². The number of Topliss-reactive ketones (excluding diaryl/α,β-unsaturated/α-hetero) is 1. The molecule has 0 aromatic rings. The van der Waals surface area contributed by atoms with Crippen LogP contribution in [0, 0.1) is 5.92 Å². The number of nitrogens with one attached hydrogen (secondary N) is 2. The van der Waals surface area contributed by atoms with Crippen LogP contribution in [-0.2, 0) is 19.2 Å². The molecule has 3 amide bonds. The summed E-state index contributed by atoms with van der Waals surface area (Å²) in [5.74, 6) is -1.33. The Labute approximate surface area is 111 Å². The largest absolute Gasteiger partial charge is 0.345 e. The Balaban J connectivity index is 2.52. The van der Waals surface area contributed by atoms with Gasteiger partial charge in [-0.05, 0) is 12.8 Å². The van der Waals surface area contributed by atoms with Gasteiger partial charge >= 0.3 is 0 Å². The van der Waals surface area contributed by atoms with E-state index in [0.717, 1.165) is 0 Å². The van der Waals surface area contributed by atoms with E-state index < -0.39 is 17.9 Å². The maximum Gasteiger partial charge on any atom is 0.240 e. The summed E-state index contributed by atoms with van der Waals surface area (Å²) in [6, 6.07) is -0.540. The number of piperazine rings is 1. The SMILES string of the molecule is CC(=O)C(NC(=O)CN1CC(=O)NC(=O)C1)C(C)C. The molecule has 1 unspecified atom stereocenters. The highest BCUT2D eigenvalue weighted by atomic mass is 16.2. The van der Waals surface area contributed by atoms with Gasteiger partial charge in [0.05, 0.1) is 25.7 Å². The van der Waals surface area contributed by atoms with Crippen LogP contribution in [0.1, 0.15) is 20.8 Å². The van der Waals surface area contributed by atoms with E-state index in [4.69, 9.17) is 0 Å². The summed E-state index contributed by atoms with van der Waals surface area (Å²) in [5.41, 5.74) is 0. The number of carbonyl (C=O) groups excluding carboxylic acids is 4. The van der Waals surface area contributed by atoms with Crippen molar-refractivity contribution in [3.8, 4) is 0 Å². The van der Waals surface area contributed by atoms with Gasteiger partial charge in [-0.1, -0.05) is 13.8 Å². The number of amides is 3. The van der Waals surface area contributed by atoms with Gasteiger partial charge < -0.3 is 5.32 Å². The Morgan fingerprint density at radius 2 is 1.79 bits per heavy atom. The molecule has 0 radical (unpaired) electrons. The molecule has 1 aliphatic rings. The lowest BCUT2D eigenvalue weighted by Gasteiger charge is -2.26. The van der Waals surface area contributed by atoms with Gasteiger partial charge in [-0.25, -0.2) is 0 Å². The van der Waals surface area contributed by atoms with E-state index in [9.17, 15) is 19.2 Å². The molecule has 0 spiro atoms. The minimum Gasteiger partial charge on any atom is -0.345 e. The van der Waals surface area contributed by atoms with Crippen LogP contribution < -0.4 is 10.6 Å². The summed E-state index contributed by atoms with van der Waals surface area (Å²) in [6.45, 7) is 5.03. The van der Waals surface area contributed by atoms with E-state index in [1.54, 1.807) is 0 Å². The first-order valence-corrected chi connectivity index (χ1v) is 6.14. The van der Waals surface area contributed by atoms with Crippen molar-refractivity contribution >= 4 is 23.5 Å². The van der Waals surface area contributed by atoms with Gasteiger partial charge in [-0.3, -0.25) is 29.4 Å². The van der Waals surface area contributed by atoms with Crippen molar-refractivity contribution in [2.45, 2.75) is 26.8 Å². The number of ketones is 1. The van der Waals surface area contributed by atoms with E-state index in [2.05, 4.69) is 10.6 Å². The molecule has 2 N–H and O–H groups in total. The van der Waals surface area contributed by atoms with E-state index in [0.29, 0.717) is 0 Å². The predicted octanol–water partition coefficient (Wildman–Crippen LogP) is -1.33. The molecule has 106 valence electrons. The Morgan fingerprint density at radius 1 is 1.26 bits per heavy atom. The summed E-state index contributed by atoms with van der Waals surface area (Å²) >= 11 is 0. The zero-order valence-electron chi connectivity index (χ0n) is 11.4. The Bertz CT molecular complexity index is 390. The zero-order chi connectivity index (χ0) is 14.6. The lowest BCUT2D eigenvalue weighted by molar-refractivity contribution is -0.137. The van der Waals surface area contributed by atoms with Crippen LogP contribution >= 0.6 is 0 Å². The van der Waals surface area contributed by atoms with Gasteiger partial charge in [-0.15, -0.1) is 0 Å². The van der Waals surface area contributed by atoms with Gasteiger partial charge in [0.2, 0.25) is 17.7 Å². The summed E-state index contributed by atoms with van der Waals surface area (Å²) in [5, 5.41) is 4.77. The molecule has 1 fully saturated rings. The molecule has 0 aromatic heterocycles. The average Bonchev–Trinajstić information content (AvgIpc) is 2.23. The molecule has 1 saturated heterocycles. The Hall–Kier alpha value is -1.76. The summed E-state index contributed by atoms with van der Waals surface area (Å²) in [6.07, 6.45) is 0. The quantitative estimate of drug-likeness (QED) is 0.603. The van der Waals surface area contributed by atoms with Crippen molar-refractivity contribution in [3.63, 3.8) is 0 Å². The highest BCUT2D eigenvalue weighted by Crippen LogP contribution is 2.03. The topological polar surface area (TPSA) is 95.6 Å². The molecular formula is C12H19N3O4. The van der Waals surface area contributed by atoms with E-state index in [1.165, 1.54) is 11.8 Å². The lowest BCUT2D eigenvalue weighted by Crippen LogP contribution is -2.55. The smallest absolute Gasteiger partial charge is 0.240 e. The number of carbonyl (C=O) groups is 4. The van der Waals surface area contributed by atoms with Crippen LogP contribution in [0.2, 0.25) is 0 Å². The van der Waals surface area contributed by atoms with Crippen LogP contribution in [0.25, 0.3) is 0 Å². The maximum absolute atomic E-state index is 11.8. The van der Waals surface area contributed by atoms with E-state index >= 15 is 0 Å². The summed E-state index contributed by atoms with van der Waals surface area (Å²) in [4.78, 5) is 46.9. The molecular weight excluding hydrogens is 250 g/mol. The van der Waals surface area contributed by atoms with Crippen LogP contribution in [0.4, 0.5) is 0 Å². The van der Waals surface area contributed by atoms with Gasteiger partial charge in [-0.2, -0.15) is 0 Å². The Morgan fingerprint density at radius 3 is 2.21 bits per heavy atom. The van der Waals surface area contributed by atoms with Crippen LogP contribution in [0.5, 0.6) is 0 Å². The van der Waals surface area contributed by atoms with Crippen molar-refractivity contribution in [3.05, 3.63) is 0 Å². The summed E-state index contributed by atoms with van der Waals surface area (Å²) < 4.78 is 0. The lowest BCUT2D eigenvalue weighted by atomic mass is 10.0. The normalized spacial score (nSPS) is 18.1. The molecule has 1 heterocycles. The van der Waals surface area contributed by atoms with Crippen molar-refractivity contribution in [1.29, 1.82) is 0 Å². The Kier molecular flexibility index (Phi) is 5.17. The van der Waals surface area contributed by atoms with E-state index in [-0.39, 0.29) is 37.2 Å². The van der Waals surface area contributed by atoms with Crippen LogP contribution in [0.15, 0.2) is 0 Å². The second-order valence-corrected chi connectivity index (χ2v) is 5.02. The predicted molar refractivity (Wildman–Crippen MR) is 67.0 cm³/mol. The second-order valence-electron chi connectivity index (χ2n) is 5.02. The zero-order valence-corrected chi connectivity index (χ0v) is 11.4. The van der Waals surface area contributed by atoms with Crippen LogP contribution in [0.3, 0.4) is 0 Å². The molecule has 1 rings (SSSR count). The summed E-state index contributed by atoms with van der Waals surface area (Å²) in [7, 11) is 0. The monoisotopic (exact) mass is 269 g/mol. The number of rotatable bonds is 5. The number of nitrogens with zero attached hydrogens (tertiary/aromatic N) is 1. The fraction of sp³-hybridized carbons (Fsp3) is 0.667. The minimum absolute atomic E-state index is 0.00553.